The van der Waals surface area contributed by atoms with Gasteiger partial charge in [0.25, 0.3) is 0 Å². The van der Waals surface area contributed by atoms with E-state index < -0.39 is 22.0 Å². The number of sulfonamides is 1. The van der Waals surface area contributed by atoms with Crippen molar-refractivity contribution in [3.05, 3.63) is 53.1 Å². The molecule has 0 bridgehead atoms. The van der Waals surface area contributed by atoms with E-state index in [0.717, 1.165) is 27.3 Å². The third-order valence-corrected chi connectivity index (χ3v) is 5.87. The molecule has 0 aliphatic heterocycles. The summed E-state index contributed by atoms with van der Waals surface area (Å²) in [6, 6.07) is 10.0. The first-order valence-corrected chi connectivity index (χ1v) is 12.2. The third kappa shape index (κ3) is 6.62. The van der Waals surface area contributed by atoms with Gasteiger partial charge < -0.3 is 14.8 Å². The molecular formula is C23H32N2O5S. The summed E-state index contributed by atoms with van der Waals surface area (Å²) in [5.74, 6) is 0.861. The Kier molecular flexibility index (Phi) is 8.33. The second kappa shape index (κ2) is 10.5. The van der Waals surface area contributed by atoms with Crippen LogP contribution >= 0.6 is 0 Å². The molecule has 0 aromatic heterocycles. The Labute approximate surface area is 185 Å². The zero-order valence-electron chi connectivity index (χ0n) is 19.1. The van der Waals surface area contributed by atoms with Crippen LogP contribution < -0.4 is 19.1 Å². The number of hydrogen-bond donors (Lipinski definition) is 1. The van der Waals surface area contributed by atoms with Crippen LogP contribution in [0.4, 0.5) is 5.69 Å². The number of aryl methyl sites for hydroxylation is 2. The Balaban J connectivity index is 2.20. The van der Waals surface area contributed by atoms with E-state index in [2.05, 4.69) is 5.32 Å². The van der Waals surface area contributed by atoms with Crippen LogP contribution in [-0.2, 0) is 21.4 Å². The first kappa shape index (κ1) is 24.5. The summed E-state index contributed by atoms with van der Waals surface area (Å²) in [5, 5.41) is 2.83. The lowest BCUT2D eigenvalue weighted by atomic mass is 10.1. The number of ether oxygens (including phenoxy) is 2. The Bertz CT molecular complexity index is 1000. The van der Waals surface area contributed by atoms with E-state index in [-0.39, 0.29) is 6.54 Å². The fraction of sp³-hybridized carbons (Fsp3) is 0.435. The van der Waals surface area contributed by atoms with E-state index in [1.54, 1.807) is 25.1 Å². The SMILES string of the molecule is CCOc1ccc(CNC(=O)C(C)N(c2cc(C)cc(C)c2)S(C)(=O)=O)cc1OCC. The van der Waals surface area contributed by atoms with Crippen molar-refractivity contribution in [3.63, 3.8) is 0 Å². The largest absolute Gasteiger partial charge is 0.490 e. The van der Waals surface area contributed by atoms with Crippen LogP contribution in [0.1, 0.15) is 37.5 Å². The van der Waals surface area contributed by atoms with Crippen LogP contribution in [0.5, 0.6) is 11.5 Å². The molecular weight excluding hydrogens is 416 g/mol. The van der Waals surface area contributed by atoms with Crippen molar-refractivity contribution in [2.75, 3.05) is 23.8 Å². The predicted octanol–water partition coefficient (Wildman–Crippen LogP) is 3.57. The highest BCUT2D eigenvalue weighted by molar-refractivity contribution is 7.92. The fourth-order valence-corrected chi connectivity index (χ4v) is 4.59. The van der Waals surface area contributed by atoms with Crippen molar-refractivity contribution in [2.24, 2.45) is 0 Å². The van der Waals surface area contributed by atoms with Gasteiger partial charge >= 0.3 is 0 Å². The summed E-state index contributed by atoms with van der Waals surface area (Å²) >= 11 is 0. The van der Waals surface area contributed by atoms with Crippen LogP contribution in [0.15, 0.2) is 36.4 Å². The summed E-state index contributed by atoms with van der Waals surface area (Å²) in [5.41, 5.74) is 3.15. The highest BCUT2D eigenvalue weighted by atomic mass is 32.2. The van der Waals surface area contributed by atoms with E-state index in [1.165, 1.54) is 0 Å². The molecule has 1 N–H and O–H groups in total. The van der Waals surface area contributed by atoms with Gasteiger partial charge in [-0.1, -0.05) is 12.1 Å². The molecule has 2 aromatic carbocycles. The summed E-state index contributed by atoms with van der Waals surface area (Å²) in [4.78, 5) is 12.9. The Morgan fingerprint density at radius 1 is 1.00 bits per heavy atom. The van der Waals surface area contributed by atoms with Gasteiger partial charge in [-0.05, 0) is 75.6 Å². The van der Waals surface area contributed by atoms with Crippen molar-refractivity contribution < 1.29 is 22.7 Å². The van der Waals surface area contributed by atoms with Gasteiger partial charge in [0.2, 0.25) is 15.9 Å². The molecule has 31 heavy (non-hydrogen) atoms. The summed E-state index contributed by atoms with van der Waals surface area (Å²) in [6.07, 6.45) is 1.11. The number of nitrogens with one attached hydrogen (secondary N) is 1. The second-order valence-electron chi connectivity index (χ2n) is 7.45. The topological polar surface area (TPSA) is 84.9 Å². The maximum absolute atomic E-state index is 12.9. The molecule has 0 radical (unpaired) electrons. The average Bonchev–Trinajstić information content (AvgIpc) is 2.66. The number of anilines is 1. The molecule has 8 heteroatoms. The highest BCUT2D eigenvalue weighted by Gasteiger charge is 2.29. The summed E-state index contributed by atoms with van der Waals surface area (Å²) in [6.45, 7) is 10.4. The van der Waals surface area contributed by atoms with E-state index in [9.17, 15) is 13.2 Å². The van der Waals surface area contributed by atoms with Crippen LogP contribution in [-0.4, -0.2) is 39.8 Å². The summed E-state index contributed by atoms with van der Waals surface area (Å²) < 4.78 is 37.4. The van der Waals surface area contributed by atoms with Crippen LogP contribution in [0.2, 0.25) is 0 Å². The maximum Gasteiger partial charge on any atom is 0.243 e. The van der Waals surface area contributed by atoms with Crippen LogP contribution in [0.25, 0.3) is 0 Å². The number of rotatable bonds is 10. The highest BCUT2D eigenvalue weighted by Crippen LogP contribution is 2.29. The van der Waals surface area contributed by atoms with Crippen molar-refractivity contribution >= 4 is 21.6 Å². The summed E-state index contributed by atoms with van der Waals surface area (Å²) in [7, 11) is -3.67. The maximum atomic E-state index is 12.9. The normalized spacial score (nSPS) is 12.2. The Morgan fingerprint density at radius 2 is 1.58 bits per heavy atom. The molecule has 2 aromatic rings. The molecule has 170 valence electrons. The van der Waals surface area contributed by atoms with Gasteiger partial charge in [-0.3, -0.25) is 9.10 Å². The lowest BCUT2D eigenvalue weighted by molar-refractivity contribution is -0.122. The minimum Gasteiger partial charge on any atom is -0.490 e. The van der Waals surface area contributed by atoms with Crippen molar-refractivity contribution in [3.8, 4) is 11.5 Å². The van der Waals surface area contributed by atoms with Gasteiger partial charge in [0.15, 0.2) is 11.5 Å². The van der Waals surface area contributed by atoms with Gasteiger partial charge in [0.05, 0.1) is 25.2 Å². The molecule has 0 heterocycles. The van der Waals surface area contributed by atoms with Gasteiger partial charge in [-0.2, -0.15) is 0 Å². The smallest absolute Gasteiger partial charge is 0.243 e. The Morgan fingerprint density at radius 3 is 2.13 bits per heavy atom. The monoisotopic (exact) mass is 448 g/mol. The first-order chi connectivity index (χ1) is 14.6. The van der Waals surface area contributed by atoms with E-state index in [0.29, 0.717) is 30.4 Å². The number of carbonyl (C=O) groups excluding carboxylic acids is 1. The molecule has 1 amide bonds. The molecule has 1 unspecified atom stereocenters. The van der Waals surface area contributed by atoms with Crippen molar-refractivity contribution in [1.29, 1.82) is 0 Å². The zero-order valence-corrected chi connectivity index (χ0v) is 19.9. The molecule has 7 nitrogen and oxygen atoms in total. The molecule has 0 saturated carbocycles. The number of hydrogen-bond acceptors (Lipinski definition) is 5. The average molecular weight is 449 g/mol. The van der Waals surface area contributed by atoms with Crippen molar-refractivity contribution in [1.82, 2.24) is 5.32 Å². The van der Waals surface area contributed by atoms with Gasteiger partial charge in [-0.15, -0.1) is 0 Å². The van der Waals surface area contributed by atoms with Gasteiger partial charge in [0, 0.05) is 6.54 Å². The molecule has 1 atom stereocenters. The fourth-order valence-electron chi connectivity index (χ4n) is 3.43. The lowest BCUT2D eigenvalue weighted by Gasteiger charge is -2.29. The standard InChI is InChI=1S/C23H32N2O5S/c1-7-29-21-10-9-19(14-22(21)30-8-2)15-24-23(26)18(5)25(31(6,27)28)20-12-16(3)11-17(4)13-20/h9-14,18H,7-8,15H2,1-6H3,(H,24,26). The molecule has 0 spiro atoms. The minimum absolute atomic E-state index is 0.236. The molecule has 0 aliphatic rings. The van der Waals surface area contributed by atoms with E-state index in [4.69, 9.17) is 9.47 Å². The third-order valence-electron chi connectivity index (χ3n) is 4.62. The Hall–Kier alpha value is -2.74. The molecule has 2 rings (SSSR count). The lowest BCUT2D eigenvalue weighted by Crippen LogP contribution is -2.47. The van der Waals surface area contributed by atoms with Gasteiger partial charge in [-0.25, -0.2) is 8.42 Å². The van der Waals surface area contributed by atoms with E-state index in [1.807, 2.05) is 45.9 Å². The van der Waals surface area contributed by atoms with Crippen LogP contribution in [0, 0.1) is 13.8 Å². The molecule has 0 aliphatic carbocycles. The zero-order chi connectivity index (χ0) is 23.2. The van der Waals surface area contributed by atoms with E-state index >= 15 is 0 Å². The van der Waals surface area contributed by atoms with Crippen molar-refractivity contribution in [2.45, 2.75) is 47.2 Å². The molecule has 0 saturated heterocycles. The molecule has 0 fully saturated rings. The predicted molar refractivity (Wildman–Crippen MR) is 123 cm³/mol. The number of benzene rings is 2. The first-order valence-electron chi connectivity index (χ1n) is 10.3. The van der Waals surface area contributed by atoms with Crippen LogP contribution in [0.3, 0.4) is 0 Å². The quantitative estimate of drug-likeness (QED) is 0.601. The number of amides is 1. The number of carbonyl (C=O) groups is 1. The second-order valence-corrected chi connectivity index (χ2v) is 9.31. The minimum atomic E-state index is -3.67. The van der Waals surface area contributed by atoms with Gasteiger partial charge in [0.1, 0.15) is 6.04 Å². The number of nitrogens with zero attached hydrogens (tertiary/aromatic N) is 1.